The number of rotatable bonds is 6. The predicted molar refractivity (Wildman–Crippen MR) is 90.3 cm³/mol. The second kappa shape index (κ2) is 7.51. The fourth-order valence-electron chi connectivity index (χ4n) is 2.20. The molecule has 1 heterocycles. The van der Waals surface area contributed by atoms with E-state index in [1.165, 1.54) is 5.56 Å². The van der Waals surface area contributed by atoms with Gasteiger partial charge in [-0.3, -0.25) is 5.14 Å². The van der Waals surface area contributed by atoms with Crippen molar-refractivity contribution in [3.05, 3.63) is 53.7 Å². The average molecular weight is 318 g/mol. The molecule has 0 aliphatic heterocycles. The molecule has 4 nitrogen and oxygen atoms in total. The van der Waals surface area contributed by atoms with Crippen molar-refractivity contribution in [3.63, 3.8) is 0 Å². The second-order valence-electron chi connectivity index (χ2n) is 5.62. The summed E-state index contributed by atoms with van der Waals surface area (Å²) in [5.41, 5.74) is 2.28. The van der Waals surface area contributed by atoms with Gasteiger partial charge in [0.05, 0.1) is 11.0 Å². The molecule has 118 valence electrons. The highest BCUT2D eigenvalue weighted by Gasteiger charge is 2.14. The molecule has 1 aromatic carbocycles. The van der Waals surface area contributed by atoms with E-state index in [9.17, 15) is 4.21 Å². The van der Waals surface area contributed by atoms with Crippen molar-refractivity contribution >= 4 is 11.0 Å². The van der Waals surface area contributed by atoms with Crippen molar-refractivity contribution in [2.75, 3.05) is 0 Å². The van der Waals surface area contributed by atoms with E-state index in [0.29, 0.717) is 5.88 Å². The van der Waals surface area contributed by atoms with E-state index in [4.69, 9.17) is 9.88 Å². The van der Waals surface area contributed by atoms with Gasteiger partial charge in [0.2, 0.25) is 5.88 Å². The Kier molecular flexibility index (Phi) is 5.69. The summed E-state index contributed by atoms with van der Waals surface area (Å²) < 4.78 is 17.0. The van der Waals surface area contributed by atoms with Crippen molar-refractivity contribution in [2.24, 2.45) is 5.14 Å². The third kappa shape index (κ3) is 4.64. The van der Waals surface area contributed by atoms with Crippen LogP contribution in [0.25, 0.3) is 0 Å². The third-order valence-electron chi connectivity index (χ3n) is 3.65. The Hall–Kier alpha value is -1.72. The van der Waals surface area contributed by atoms with Crippen LogP contribution in [-0.4, -0.2) is 14.4 Å². The summed E-state index contributed by atoms with van der Waals surface area (Å²) in [7, 11) is -1.28. The van der Waals surface area contributed by atoms with Crippen LogP contribution in [0.2, 0.25) is 0 Å². The van der Waals surface area contributed by atoms with Crippen molar-refractivity contribution < 1.29 is 8.95 Å². The summed E-state index contributed by atoms with van der Waals surface area (Å²) in [5.74, 6) is 1.59. The average Bonchev–Trinajstić information content (AvgIpc) is 2.50. The summed E-state index contributed by atoms with van der Waals surface area (Å²) in [4.78, 5) is 4.34. The smallest absolute Gasteiger partial charge is 0.219 e. The third-order valence-corrected chi connectivity index (χ3v) is 4.64. The molecule has 0 saturated heterocycles. The quantitative estimate of drug-likeness (QED) is 0.883. The van der Waals surface area contributed by atoms with E-state index in [-0.39, 0.29) is 11.2 Å². The largest absolute Gasteiger partial charge is 0.439 e. The summed E-state index contributed by atoms with van der Waals surface area (Å²) in [5, 5.41) is 5.39. The first-order valence-electron chi connectivity index (χ1n) is 7.31. The maximum atomic E-state index is 11.2. The van der Waals surface area contributed by atoms with Gasteiger partial charge in [-0.25, -0.2) is 9.19 Å². The highest BCUT2D eigenvalue weighted by molar-refractivity contribution is 7.83. The number of nitrogens with zero attached hydrogens (tertiary/aromatic N) is 1. The van der Waals surface area contributed by atoms with Gasteiger partial charge in [0.15, 0.2) is 0 Å². The molecule has 0 aliphatic carbocycles. The van der Waals surface area contributed by atoms with E-state index in [0.717, 1.165) is 17.7 Å². The molecule has 2 unspecified atom stereocenters. The van der Waals surface area contributed by atoms with Crippen LogP contribution in [0.5, 0.6) is 11.6 Å². The van der Waals surface area contributed by atoms with Gasteiger partial charge in [0.1, 0.15) is 5.75 Å². The van der Waals surface area contributed by atoms with E-state index in [2.05, 4.69) is 11.9 Å². The molecule has 22 heavy (non-hydrogen) atoms. The van der Waals surface area contributed by atoms with Crippen LogP contribution in [-0.2, 0) is 11.0 Å². The molecule has 2 aromatic rings. The number of pyridine rings is 1. The van der Waals surface area contributed by atoms with Crippen molar-refractivity contribution in [1.29, 1.82) is 0 Å². The Bertz CT molecular complexity index is 626. The first-order valence-corrected chi connectivity index (χ1v) is 8.58. The van der Waals surface area contributed by atoms with Gasteiger partial charge < -0.3 is 4.74 Å². The van der Waals surface area contributed by atoms with Gasteiger partial charge in [-0.2, -0.15) is 0 Å². The molecular weight excluding hydrogens is 296 g/mol. The molecule has 1 aromatic heterocycles. The van der Waals surface area contributed by atoms with Crippen LogP contribution in [0.4, 0.5) is 0 Å². The molecule has 3 atom stereocenters. The predicted octanol–water partition coefficient (Wildman–Crippen LogP) is 3.69. The SMILES string of the molecule is Cc1ccc(Oc2ccc([C@@H](C)CC(C)S(N)=O)cn2)cc1. The van der Waals surface area contributed by atoms with Crippen LogP contribution >= 0.6 is 0 Å². The van der Waals surface area contributed by atoms with Gasteiger partial charge in [-0.05, 0) is 43.9 Å². The number of hydrogen-bond acceptors (Lipinski definition) is 3. The van der Waals surface area contributed by atoms with Crippen LogP contribution in [0.1, 0.15) is 37.3 Å². The minimum atomic E-state index is -1.28. The lowest BCUT2D eigenvalue weighted by Crippen LogP contribution is -2.20. The number of nitrogens with two attached hydrogens (primary N) is 1. The van der Waals surface area contributed by atoms with Gasteiger partial charge in [0, 0.05) is 17.5 Å². The maximum Gasteiger partial charge on any atom is 0.219 e. The van der Waals surface area contributed by atoms with E-state index in [1.807, 2.05) is 50.2 Å². The van der Waals surface area contributed by atoms with Crippen LogP contribution in [0.3, 0.4) is 0 Å². The zero-order valence-corrected chi connectivity index (χ0v) is 14.0. The zero-order valence-electron chi connectivity index (χ0n) is 13.2. The van der Waals surface area contributed by atoms with E-state index >= 15 is 0 Å². The van der Waals surface area contributed by atoms with Gasteiger partial charge in [0.25, 0.3) is 0 Å². The Morgan fingerprint density at radius 2 is 1.86 bits per heavy atom. The number of aromatic nitrogens is 1. The highest BCUT2D eigenvalue weighted by Crippen LogP contribution is 2.24. The number of ether oxygens (including phenoxy) is 1. The summed E-state index contributed by atoms with van der Waals surface area (Å²) in [6, 6.07) is 11.7. The minimum absolute atomic E-state index is 0.0292. The molecule has 2 rings (SSSR count). The van der Waals surface area contributed by atoms with Crippen molar-refractivity contribution in [2.45, 2.75) is 38.4 Å². The van der Waals surface area contributed by atoms with Gasteiger partial charge >= 0.3 is 0 Å². The van der Waals surface area contributed by atoms with Crippen molar-refractivity contribution in [3.8, 4) is 11.6 Å². The molecule has 0 radical (unpaired) electrons. The number of aryl methyl sites for hydroxylation is 1. The molecule has 0 fully saturated rings. The lowest BCUT2D eigenvalue weighted by atomic mass is 9.98. The monoisotopic (exact) mass is 318 g/mol. The van der Waals surface area contributed by atoms with E-state index < -0.39 is 11.0 Å². The molecule has 0 bridgehead atoms. The Labute approximate surface area is 134 Å². The summed E-state index contributed by atoms with van der Waals surface area (Å²) >= 11 is 0. The standard InChI is InChI=1S/C17H22N2O2S/c1-12-4-7-16(8-5-12)21-17-9-6-15(11-19-17)13(2)10-14(3)22(18)20/h4-9,11,13-14H,10,18H2,1-3H3/t13-,14?,22?/m0/s1. The van der Waals surface area contributed by atoms with Crippen LogP contribution in [0.15, 0.2) is 42.6 Å². The van der Waals surface area contributed by atoms with E-state index in [1.54, 1.807) is 6.20 Å². The summed E-state index contributed by atoms with van der Waals surface area (Å²) in [6.45, 7) is 6.02. The molecule has 2 N–H and O–H groups in total. The minimum Gasteiger partial charge on any atom is -0.439 e. The van der Waals surface area contributed by atoms with Gasteiger partial charge in [-0.1, -0.05) is 30.7 Å². The highest BCUT2D eigenvalue weighted by atomic mass is 32.2. The normalized spacial score (nSPS) is 15.1. The Morgan fingerprint density at radius 1 is 1.18 bits per heavy atom. The Balaban J connectivity index is 2.00. The molecule has 5 heteroatoms. The maximum absolute atomic E-state index is 11.2. The van der Waals surface area contributed by atoms with Crippen LogP contribution in [0, 0.1) is 6.92 Å². The van der Waals surface area contributed by atoms with Gasteiger partial charge in [-0.15, -0.1) is 0 Å². The lowest BCUT2D eigenvalue weighted by Gasteiger charge is -2.15. The molecule has 0 aliphatic rings. The number of benzene rings is 1. The fourth-order valence-corrected chi connectivity index (χ4v) is 2.68. The van der Waals surface area contributed by atoms with Crippen molar-refractivity contribution in [1.82, 2.24) is 4.98 Å². The Morgan fingerprint density at radius 3 is 2.41 bits per heavy atom. The lowest BCUT2D eigenvalue weighted by molar-refractivity contribution is 0.462. The zero-order chi connectivity index (χ0) is 16.1. The molecular formula is C17H22N2O2S. The fraction of sp³-hybridized carbons (Fsp3) is 0.353. The number of hydrogen-bond donors (Lipinski definition) is 1. The molecule has 0 amide bonds. The first kappa shape index (κ1) is 16.6. The first-order chi connectivity index (χ1) is 10.5. The summed E-state index contributed by atoms with van der Waals surface area (Å²) in [6.07, 6.45) is 2.57. The molecule has 0 saturated carbocycles. The molecule has 0 spiro atoms. The topological polar surface area (TPSA) is 65.2 Å². The van der Waals surface area contributed by atoms with Crippen LogP contribution < -0.4 is 9.88 Å². The second-order valence-corrected chi connectivity index (χ2v) is 7.08.